The largest absolute Gasteiger partial charge is 0.473 e. The van der Waals surface area contributed by atoms with Crippen molar-refractivity contribution in [1.29, 1.82) is 0 Å². The molecular weight excluding hydrogens is 279 g/mol. The van der Waals surface area contributed by atoms with Gasteiger partial charge < -0.3 is 4.74 Å². The van der Waals surface area contributed by atoms with Crippen LogP contribution in [0.2, 0.25) is 0 Å². The molecule has 1 aliphatic heterocycles. The molecule has 1 aliphatic rings. The summed E-state index contributed by atoms with van der Waals surface area (Å²) in [6.07, 6.45) is -2.79. The zero-order valence-corrected chi connectivity index (χ0v) is 10.9. The summed E-state index contributed by atoms with van der Waals surface area (Å²) < 4.78 is 70.6. The highest BCUT2D eigenvalue weighted by Crippen LogP contribution is 2.44. The van der Waals surface area contributed by atoms with E-state index in [1.54, 1.807) is 0 Å². The number of alkyl halides is 5. The molecule has 1 unspecified atom stereocenters. The number of halogens is 5. The van der Waals surface area contributed by atoms with Crippen molar-refractivity contribution in [2.24, 2.45) is 0 Å². The Morgan fingerprint density at radius 1 is 1.15 bits per heavy atom. The molecule has 6 heteroatoms. The third-order valence-electron chi connectivity index (χ3n) is 3.35. The molecule has 20 heavy (non-hydrogen) atoms. The number of benzene rings is 1. The molecule has 0 aromatic heterocycles. The van der Waals surface area contributed by atoms with Crippen molar-refractivity contribution < 1.29 is 26.7 Å². The SMILES string of the molecule is CCC1(C(F)(F)F)C=Cc2cc(C(C)(F)F)ccc2O1. The summed E-state index contributed by atoms with van der Waals surface area (Å²) in [6, 6.07) is 3.37. The summed E-state index contributed by atoms with van der Waals surface area (Å²) in [6.45, 7) is 2.09. The average molecular weight is 292 g/mol. The molecule has 1 atom stereocenters. The van der Waals surface area contributed by atoms with Gasteiger partial charge >= 0.3 is 6.18 Å². The van der Waals surface area contributed by atoms with Gasteiger partial charge in [0.2, 0.25) is 5.60 Å². The highest BCUT2D eigenvalue weighted by atomic mass is 19.4. The molecule has 0 radical (unpaired) electrons. The van der Waals surface area contributed by atoms with Crippen molar-refractivity contribution in [2.45, 2.75) is 38.0 Å². The summed E-state index contributed by atoms with van der Waals surface area (Å²) in [4.78, 5) is 0. The van der Waals surface area contributed by atoms with Crippen LogP contribution in [-0.4, -0.2) is 11.8 Å². The van der Waals surface area contributed by atoms with Crippen molar-refractivity contribution in [3.05, 3.63) is 35.4 Å². The maximum absolute atomic E-state index is 13.2. The van der Waals surface area contributed by atoms with Gasteiger partial charge in [-0.15, -0.1) is 0 Å². The maximum atomic E-state index is 13.2. The summed E-state index contributed by atoms with van der Waals surface area (Å²) in [5.74, 6) is -3.09. The summed E-state index contributed by atoms with van der Waals surface area (Å²) in [5, 5.41) is 0. The first-order valence-electron chi connectivity index (χ1n) is 6.06. The van der Waals surface area contributed by atoms with Crippen LogP contribution in [0.15, 0.2) is 24.3 Å². The van der Waals surface area contributed by atoms with Gasteiger partial charge in [0.1, 0.15) is 5.75 Å². The lowest BCUT2D eigenvalue weighted by molar-refractivity contribution is -0.230. The fourth-order valence-corrected chi connectivity index (χ4v) is 2.04. The van der Waals surface area contributed by atoms with E-state index in [0.29, 0.717) is 0 Å². The van der Waals surface area contributed by atoms with Crippen LogP contribution in [0, 0.1) is 0 Å². The first kappa shape index (κ1) is 14.8. The molecule has 0 aliphatic carbocycles. The maximum Gasteiger partial charge on any atom is 0.432 e. The minimum Gasteiger partial charge on any atom is -0.473 e. The molecule has 2 rings (SSSR count). The number of hydrogen-bond acceptors (Lipinski definition) is 1. The van der Waals surface area contributed by atoms with Crippen molar-refractivity contribution in [1.82, 2.24) is 0 Å². The van der Waals surface area contributed by atoms with Crippen LogP contribution in [0.1, 0.15) is 31.4 Å². The normalized spacial score (nSPS) is 22.4. The third-order valence-corrected chi connectivity index (χ3v) is 3.35. The van der Waals surface area contributed by atoms with E-state index in [4.69, 9.17) is 4.74 Å². The molecule has 1 heterocycles. The predicted molar refractivity (Wildman–Crippen MR) is 64.7 cm³/mol. The van der Waals surface area contributed by atoms with Crippen molar-refractivity contribution in [3.8, 4) is 5.75 Å². The summed E-state index contributed by atoms with van der Waals surface area (Å²) in [5.41, 5.74) is -2.44. The van der Waals surface area contributed by atoms with E-state index in [9.17, 15) is 22.0 Å². The Labute approximate surface area is 113 Å². The van der Waals surface area contributed by atoms with Gasteiger partial charge in [0.25, 0.3) is 5.92 Å². The minimum absolute atomic E-state index is 0.0420. The highest BCUT2D eigenvalue weighted by Gasteiger charge is 2.55. The molecule has 1 nitrogen and oxygen atoms in total. The molecule has 0 amide bonds. The molecule has 0 N–H and O–H groups in total. The second-order valence-electron chi connectivity index (χ2n) is 4.82. The summed E-state index contributed by atoms with van der Waals surface area (Å²) in [7, 11) is 0. The Balaban J connectivity index is 2.44. The lowest BCUT2D eigenvalue weighted by Gasteiger charge is -2.35. The molecule has 1 aromatic carbocycles. The van der Waals surface area contributed by atoms with Gasteiger partial charge in [-0.05, 0) is 30.7 Å². The van der Waals surface area contributed by atoms with Crippen LogP contribution in [0.3, 0.4) is 0 Å². The molecule has 1 aromatic rings. The molecule has 0 spiro atoms. The molecular formula is C14H13F5O. The molecule has 0 saturated heterocycles. The van der Waals surface area contributed by atoms with E-state index >= 15 is 0 Å². The fourth-order valence-electron chi connectivity index (χ4n) is 2.04. The van der Waals surface area contributed by atoms with Gasteiger partial charge in [0, 0.05) is 18.1 Å². The number of rotatable bonds is 2. The first-order chi connectivity index (χ1) is 9.09. The zero-order valence-electron chi connectivity index (χ0n) is 10.9. The predicted octanol–water partition coefficient (Wildman–Crippen LogP) is 4.92. The number of fused-ring (bicyclic) bond motifs is 1. The van der Waals surface area contributed by atoms with Crippen LogP contribution in [0.5, 0.6) is 5.75 Å². The first-order valence-corrected chi connectivity index (χ1v) is 6.06. The topological polar surface area (TPSA) is 9.23 Å². The second kappa shape index (κ2) is 4.46. The fraction of sp³-hybridized carbons (Fsp3) is 0.429. The molecule has 0 fully saturated rings. The quantitative estimate of drug-likeness (QED) is 0.703. The van der Waals surface area contributed by atoms with E-state index < -0.39 is 17.7 Å². The Morgan fingerprint density at radius 3 is 2.30 bits per heavy atom. The average Bonchev–Trinajstić information content (AvgIpc) is 2.35. The summed E-state index contributed by atoms with van der Waals surface area (Å²) >= 11 is 0. The lowest BCUT2D eigenvalue weighted by Crippen LogP contribution is -2.49. The van der Waals surface area contributed by atoms with E-state index in [1.165, 1.54) is 13.0 Å². The van der Waals surface area contributed by atoms with Crippen LogP contribution < -0.4 is 4.74 Å². The van der Waals surface area contributed by atoms with Crippen LogP contribution in [0.4, 0.5) is 22.0 Å². The third kappa shape index (κ3) is 2.39. The van der Waals surface area contributed by atoms with Gasteiger partial charge in [0.05, 0.1) is 0 Å². The highest BCUT2D eigenvalue weighted by molar-refractivity contribution is 5.62. The number of ether oxygens (including phenoxy) is 1. The van der Waals surface area contributed by atoms with E-state index in [1.807, 2.05) is 0 Å². The van der Waals surface area contributed by atoms with Crippen molar-refractivity contribution in [2.75, 3.05) is 0 Å². The van der Waals surface area contributed by atoms with Gasteiger partial charge in [-0.3, -0.25) is 0 Å². The van der Waals surface area contributed by atoms with Gasteiger partial charge in [-0.2, -0.15) is 13.2 Å². The van der Waals surface area contributed by atoms with Crippen LogP contribution in [-0.2, 0) is 5.92 Å². The molecule has 0 bridgehead atoms. The minimum atomic E-state index is -4.57. The van der Waals surface area contributed by atoms with Gasteiger partial charge in [-0.25, -0.2) is 8.78 Å². The Bertz CT molecular complexity index is 541. The smallest absolute Gasteiger partial charge is 0.432 e. The van der Waals surface area contributed by atoms with E-state index in [2.05, 4.69) is 0 Å². The van der Waals surface area contributed by atoms with Crippen molar-refractivity contribution in [3.63, 3.8) is 0 Å². The van der Waals surface area contributed by atoms with Gasteiger partial charge in [0.15, 0.2) is 0 Å². The van der Waals surface area contributed by atoms with E-state index in [0.717, 1.165) is 31.2 Å². The second-order valence-corrected chi connectivity index (χ2v) is 4.82. The van der Waals surface area contributed by atoms with Gasteiger partial charge in [-0.1, -0.05) is 13.0 Å². The Hall–Kier alpha value is -1.59. The zero-order chi connectivity index (χ0) is 15.2. The lowest BCUT2D eigenvalue weighted by atomic mass is 9.93. The van der Waals surface area contributed by atoms with Crippen LogP contribution >= 0.6 is 0 Å². The Morgan fingerprint density at radius 2 is 1.80 bits per heavy atom. The van der Waals surface area contributed by atoms with Crippen molar-refractivity contribution >= 4 is 6.08 Å². The molecule has 110 valence electrons. The van der Waals surface area contributed by atoms with Crippen LogP contribution in [0.25, 0.3) is 6.08 Å². The standard InChI is InChI=1S/C14H13F5O/c1-3-13(14(17,18)19)7-6-9-8-10(12(2,15)16)4-5-11(9)20-13/h4-8H,3H2,1-2H3. The van der Waals surface area contributed by atoms with E-state index in [-0.39, 0.29) is 23.3 Å². The monoisotopic (exact) mass is 292 g/mol. The Kier molecular flexibility index (Phi) is 3.31. The number of hydrogen-bond donors (Lipinski definition) is 0. The molecule has 0 saturated carbocycles.